The lowest BCUT2D eigenvalue weighted by atomic mass is 10.1. The molecule has 0 saturated carbocycles. The Bertz CT molecular complexity index is 1010. The van der Waals surface area contributed by atoms with Crippen molar-refractivity contribution >= 4 is 39.8 Å². The number of nitrogens with one attached hydrogen (secondary N) is 2. The zero-order valence-corrected chi connectivity index (χ0v) is 17.8. The average Bonchev–Trinajstić information content (AvgIpc) is 2.82. The molecule has 0 unspecified atom stereocenters. The quantitative estimate of drug-likeness (QED) is 0.579. The molecule has 1 aliphatic heterocycles. The van der Waals surface area contributed by atoms with Crippen molar-refractivity contribution in [3.05, 3.63) is 70.1 Å². The predicted octanol–water partition coefficient (Wildman–Crippen LogP) is 1.26. The Labute approximate surface area is 181 Å². The van der Waals surface area contributed by atoms with E-state index in [4.69, 9.17) is 10.5 Å². The van der Waals surface area contributed by atoms with Gasteiger partial charge in [0.2, 0.25) is 6.04 Å². The number of benzene rings is 2. The number of hydrogen-bond acceptors (Lipinski definition) is 4. The van der Waals surface area contributed by atoms with E-state index in [1.807, 2.05) is 6.07 Å². The van der Waals surface area contributed by atoms with Gasteiger partial charge in [-0.1, -0.05) is 28.1 Å². The molecular weight excluding hydrogens is 455 g/mol. The number of nitrogens with two attached hydrogens (primary N) is 1. The number of ether oxygens (including phenoxy) is 1. The highest BCUT2D eigenvalue weighted by molar-refractivity contribution is 9.10. The van der Waals surface area contributed by atoms with E-state index in [1.54, 1.807) is 31.3 Å². The van der Waals surface area contributed by atoms with Crippen molar-refractivity contribution in [2.24, 2.45) is 5.73 Å². The third-order valence-electron chi connectivity index (χ3n) is 4.46. The van der Waals surface area contributed by atoms with Gasteiger partial charge in [-0.2, -0.15) is 4.79 Å². The van der Waals surface area contributed by atoms with E-state index in [1.165, 1.54) is 29.3 Å². The van der Waals surface area contributed by atoms with Gasteiger partial charge in [0.1, 0.15) is 18.2 Å². The molecule has 0 saturated heterocycles. The van der Waals surface area contributed by atoms with E-state index < -0.39 is 12.1 Å². The van der Waals surface area contributed by atoms with Crippen LogP contribution in [0, 0.1) is 5.82 Å². The van der Waals surface area contributed by atoms with Gasteiger partial charge in [-0.05, 0) is 42.0 Å². The van der Waals surface area contributed by atoms with Gasteiger partial charge in [-0.25, -0.2) is 14.7 Å². The second-order valence-corrected chi connectivity index (χ2v) is 7.62. The number of carbonyl (C=O) groups excluding carboxylic acids is 2. The molecule has 1 atom stereocenters. The lowest BCUT2D eigenvalue weighted by Crippen LogP contribution is -2.79. The van der Waals surface area contributed by atoms with E-state index >= 15 is 0 Å². The number of fused-ring (bicyclic) bond motifs is 1. The molecule has 0 aliphatic carbocycles. The highest BCUT2D eigenvalue weighted by atomic mass is 79.9. The minimum atomic E-state index is -0.852. The second kappa shape index (κ2) is 9.53. The lowest BCUT2D eigenvalue weighted by molar-refractivity contribution is -0.337. The number of urea groups is 1. The molecular formula is C21H21BrFN4O3+. The summed E-state index contributed by atoms with van der Waals surface area (Å²) in [6.45, 7) is 0.00771. The summed E-state index contributed by atoms with van der Waals surface area (Å²) in [6.07, 6.45) is 3.33. The molecule has 0 aromatic heterocycles. The van der Waals surface area contributed by atoms with Crippen LogP contribution in [0.25, 0.3) is 0 Å². The molecule has 9 heteroatoms. The average molecular weight is 476 g/mol. The van der Waals surface area contributed by atoms with E-state index in [2.05, 4.69) is 26.2 Å². The normalized spacial score (nSPS) is 16.8. The third kappa shape index (κ3) is 5.44. The number of allylic oxidation sites excluding steroid dienone is 2. The zero-order chi connectivity index (χ0) is 21.7. The fourth-order valence-corrected chi connectivity index (χ4v) is 3.25. The van der Waals surface area contributed by atoms with Crippen LogP contribution >= 0.6 is 15.9 Å². The van der Waals surface area contributed by atoms with Gasteiger partial charge in [0.25, 0.3) is 5.91 Å². The van der Waals surface area contributed by atoms with Crippen LogP contribution in [0.3, 0.4) is 0 Å². The number of hydrogen-bond donors (Lipinski definition) is 3. The molecule has 3 amide bonds. The fraction of sp³-hybridized carbons (Fsp3) is 0.190. The molecule has 2 aromatic rings. The van der Waals surface area contributed by atoms with Crippen molar-refractivity contribution in [3.8, 4) is 5.75 Å². The Morgan fingerprint density at radius 2 is 2.10 bits per heavy atom. The van der Waals surface area contributed by atoms with Crippen molar-refractivity contribution in [2.75, 3.05) is 18.6 Å². The van der Waals surface area contributed by atoms with Crippen LogP contribution in [-0.4, -0.2) is 37.8 Å². The van der Waals surface area contributed by atoms with Crippen molar-refractivity contribution in [1.29, 1.82) is 0 Å². The molecule has 0 fully saturated rings. The summed E-state index contributed by atoms with van der Waals surface area (Å²) in [5, 5.41) is 2.60. The largest absolute Gasteiger partial charge is 0.489 e. The van der Waals surface area contributed by atoms with Gasteiger partial charge >= 0.3 is 6.03 Å². The van der Waals surface area contributed by atoms with E-state index in [0.717, 1.165) is 10.0 Å². The van der Waals surface area contributed by atoms with Gasteiger partial charge in [0.15, 0.2) is 0 Å². The minimum Gasteiger partial charge on any atom is -0.486 e. The lowest BCUT2D eigenvalue weighted by Gasteiger charge is -2.17. The Balaban J connectivity index is 1.59. The summed E-state index contributed by atoms with van der Waals surface area (Å²) in [7, 11) is 1.62. The Hall–Kier alpha value is -3.20. The van der Waals surface area contributed by atoms with Crippen LogP contribution in [0.15, 0.2) is 58.7 Å². The highest BCUT2D eigenvalue weighted by Crippen LogP contribution is 2.33. The molecule has 1 aliphatic rings. The first-order valence-corrected chi connectivity index (χ1v) is 9.92. The number of amides is 3. The van der Waals surface area contributed by atoms with Crippen molar-refractivity contribution < 1.29 is 23.7 Å². The van der Waals surface area contributed by atoms with Gasteiger partial charge in [-0.15, -0.1) is 0 Å². The number of rotatable bonds is 4. The number of carbonyl (C=O) groups is 2. The maximum absolute atomic E-state index is 12.9. The Morgan fingerprint density at radius 1 is 1.37 bits per heavy atom. The molecule has 3 rings (SSSR count). The first-order valence-electron chi connectivity index (χ1n) is 9.12. The predicted molar refractivity (Wildman–Crippen MR) is 115 cm³/mol. The topological polar surface area (TPSA) is 98.6 Å². The van der Waals surface area contributed by atoms with Crippen LogP contribution in [0.5, 0.6) is 5.75 Å². The first-order chi connectivity index (χ1) is 14.3. The van der Waals surface area contributed by atoms with Crippen LogP contribution < -0.4 is 25.7 Å². The summed E-state index contributed by atoms with van der Waals surface area (Å²) in [6, 6.07) is 9.93. The number of anilines is 1. The van der Waals surface area contributed by atoms with Gasteiger partial charge in [-0.3, -0.25) is 4.79 Å². The van der Waals surface area contributed by atoms with Crippen molar-refractivity contribution in [3.63, 3.8) is 0 Å². The maximum Gasteiger partial charge on any atom is 0.489 e. The van der Waals surface area contributed by atoms with Gasteiger partial charge in [0, 0.05) is 23.6 Å². The smallest absolute Gasteiger partial charge is 0.486 e. The SMILES string of the molecule is CN1C(=O)[C@@H](NC(=O)/[NH+]=C/C=C(\N)Cc2ccc(F)cc2)COc2ccc(Br)cc21. The summed E-state index contributed by atoms with van der Waals surface area (Å²) < 4.78 is 19.4. The van der Waals surface area contributed by atoms with Crippen molar-refractivity contribution in [1.82, 2.24) is 5.32 Å². The standard InChI is InChI=1S/C21H20BrFN4O3/c1-27-18-11-14(22)4-7-19(18)30-12-17(20(27)28)26-21(29)25-9-8-16(24)10-13-2-5-15(23)6-3-13/h2-9,11,17H,10,12,24H2,1H3,(H,26,29)/p+1/b16-8-,25-9+/t17-/m0/s1. The Kier molecular flexibility index (Phi) is 6.83. The van der Waals surface area contributed by atoms with Crippen LogP contribution in [-0.2, 0) is 11.2 Å². The molecule has 156 valence electrons. The summed E-state index contributed by atoms with van der Waals surface area (Å²) in [5.41, 5.74) is 7.86. The van der Waals surface area contributed by atoms with Gasteiger partial charge in [0.05, 0.1) is 11.9 Å². The maximum atomic E-state index is 12.9. The van der Waals surface area contributed by atoms with Gasteiger partial charge < -0.3 is 15.4 Å². The summed E-state index contributed by atoms with van der Waals surface area (Å²) in [4.78, 5) is 28.8. The molecule has 0 bridgehead atoms. The number of nitrogens with zero attached hydrogens (tertiary/aromatic N) is 1. The molecule has 0 spiro atoms. The van der Waals surface area contributed by atoms with Crippen LogP contribution in [0.4, 0.5) is 14.9 Å². The number of likely N-dealkylation sites (N-methyl/N-ethyl adjacent to an activating group) is 1. The molecule has 0 radical (unpaired) electrons. The fourth-order valence-electron chi connectivity index (χ4n) is 2.90. The monoisotopic (exact) mass is 475 g/mol. The summed E-state index contributed by atoms with van der Waals surface area (Å²) in [5.74, 6) is -0.0557. The molecule has 30 heavy (non-hydrogen) atoms. The van der Waals surface area contributed by atoms with E-state index in [9.17, 15) is 14.0 Å². The highest BCUT2D eigenvalue weighted by Gasteiger charge is 2.34. The first kappa shape index (κ1) is 21.5. The van der Waals surface area contributed by atoms with E-state index in [-0.39, 0.29) is 18.3 Å². The third-order valence-corrected chi connectivity index (χ3v) is 4.95. The molecule has 4 N–H and O–H groups in total. The summed E-state index contributed by atoms with van der Waals surface area (Å²) >= 11 is 3.37. The van der Waals surface area contributed by atoms with Crippen LogP contribution in [0.1, 0.15) is 5.56 Å². The zero-order valence-electron chi connectivity index (χ0n) is 16.2. The van der Waals surface area contributed by atoms with E-state index in [0.29, 0.717) is 23.6 Å². The van der Waals surface area contributed by atoms with Crippen LogP contribution in [0.2, 0.25) is 0 Å². The second-order valence-electron chi connectivity index (χ2n) is 6.70. The molecule has 7 nitrogen and oxygen atoms in total. The molecule has 1 heterocycles. The molecule has 2 aromatic carbocycles. The Morgan fingerprint density at radius 3 is 2.83 bits per heavy atom. The number of halogens is 2. The minimum absolute atomic E-state index is 0.00771. The van der Waals surface area contributed by atoms with Crippen molar-refractivity contribution in [2.45, 2.75) is 12.5 Å².